The lowest BCUT2D eigenvalue weighted by Gasteiger charge is -2.17. The molecule has 20 heavy (non-hydrogen) atoms. The maximum Gasteiger partial charge on any atom is 0.237 e. The summed E-state index contributed by atoms with van der Waals surface area (Å²) in [4.78, 5) is 11.9. The van der Waals surface area contributed by atoms with Crippen LogP contribution in [0.25, 0.3) is 0 Å². The topological polar surface area (TPSA) is 92.4 Å². The van der Waals surface area contributed by atoms with Crippen LogP contribution in [-0.4, -0.2) is 39.3 Å². The molecule has 0 bridgehead atoms. The van der Waals surface area contributed by atoms with Crippen LogP contribution in [0.4, 0.5) is 0 Å². The minimum absolute atomic E-state index is 0.0442. The minimum atomic E-state index is -0.852. The van der Waals surface area contributed by atoms with Crippen molar-refractivity contribution in [2.45, 2.75) is 31.8 Å². The Balaban J connectivity index is 2.42. The normalized spacial score (nSPS) is 15.3. The quantitative estimate of drug-likeness (QED) is 0.685. The Labute approximate surface area is 122 Å². The van der Waals surface area contributed by atoms with E-state index in [0.717, 1.165) is 5.56 Å². The molecule has 0 saturated carbocycles. The highest BCUT2D eigenvalue weighted by molar-refractivity contribution is 7.84. The molecule has 0 fully saturated rings. The summed E-state index contributed by atoms with van der Waals surface area (Å²) in [5.74, 6) is 0.537. The Morgan fingerprint density at radius 3 is 2.55 bits per heavy atom. The highest BCUT2D eigenvalue weighted by Gasteiger charge is 2.16. The summed E-state index contributed by atoms with van der Waals surface area (Å²) < 4.78 is 11.0. The van der Waals surface area contributed by atoms with Crippen molar-refractivity contribution in [3.63, 3.8) is 0 Å². The Bertz CT molecular complexity index is 462. The number of hydrogen-bond acceptors (Lipinski definition) is 4. The van der Waals surface area contributed by atoms with E-state index in [9.17, 15) is 14.1 Å². The molecule has 0 heterocycles. The Morgan fingerprint density at radius 2 is 2.00 bits per heavy atom. The molecular formula is C14H22N2O3S. The van der Waals surface area contributed by atoms with Crippen molar-refractivity contribution in [1.82, 2.24) is 5.32 Å². The summed E-state index contributed by atoms with van der Waals surface area (Å²) in [6.45, 7) is 1.87. The molecule has 3 atom stereocenters. The van der Waals surface area contributed by atoms with Gasteiger partial charge in [-0.2, -0.15) is 0 Å². The average Bonchev–Trinajstić information content (AvgIpc) is 2.39. The van der Waals surface area contributed by atoms with Gasteiger partial charge >= 0.3 is 0 Å². The van der Waals surface area contributed by atoms with Gasteiger partial charge in [-0.05, 0) is 37.5 Å². The molecule has 112 valence electrons. The zero-order valence-electron chi connectivity index (χ0n) is 11.8. The van der Waals surface area contributed by atoms with Gasteiger partial charge in [0.05, 0.1) is 6.04 Å². The molecule has 1 aromatic carbocycles. The second-order valence-corrected chi connectivity index (χ2v) is 6.51. The molecule has 1 rings (SSSR count). The molecule has 2 unspecified atom stereocenters. The van der Waals surface area contributed by atoms with E-state index in [4.69, 9.17) is 5.73 Å². The maximum atomic E-state index is 11.9. The van der Waals surface area contributed by atoms with Gasteiger partial charge in [0.2, 0.25) is 5.91 Å². The molecule has 0 aliphatic heterocycles. The van der Waals surface area contributed by atoms with Crippen molar-refractivity contribution < 1.29 is 14.1 Å². The first-order valence-corrected chi connectivity index (χ1v) is 8.25. The highest BCUT2D eigenvalue weighted by atomic mass is 32.2. The van der Waals surface area contributed by atoms with E-state index < -0.39 is 16.8 Å². The maximum absolute atomic E-state index is 11.9. The molecule has 1 aromatic rings. The van der Waals surface area contributed by atoms with Gasteiger partial charge in [-0.3, -0.25) is 9.00 Å². The van der Waals surface area contributed by atoms with Crippen molar-refractivity contribution >= 4 is 16.7 Å². The van der Waals surface area contributed by atoms with Gasteiger partial charge in [0.1, 0.15) is 5.75 Å². The van der Waals surface area contributed by atoms with Gasteiger partial charge in [0, 0.05) is 28.9 Å². The zero-order valence-corrected chi connectivity index (χ0v) is 12.7. The van der Waals surface area contributed by atoms with Gasteiger partial charge in [-0.1, -0.05) is 12.1 Å². The Morgan fingerprint density at radius 1 is 1.40 bits per heavy atom. The number of phenols is 1. The molecule has 5 nitrogen and oxygen atoms in total. The number of nitrogens with two attached hydrogens (primary N) is 1. The van der Waals surface area contributed by atoms with Crippen LogP contribution in [0, 0.1) is 0 Å². The fraction of sp³-hybridized carbons (Fsp3) is 0.500. The van der Waals surface area contributed by atoms with Gasteiger partial charge in [-0.25, -0.2) is 0 Å². The SMILES string of the molecule is CC(CCS(C)=O)NC(=O)[C@H](N)Cc1ccc(O)cc1. The molecule has 0 aliphatic carbocycles. The lowest BCUT2D eigenvalue weighted by molar-refractivity contribution is -0.122. The number of carbonyl (C=O) groups excluding carboxylic acids is 1. The predicted octanol–water partition coefficient (Wildman–Crippen LogP) is 0.535. The molecule has 0 aromatic heterocycles. The molecule has 6 heteroatoms. The standard InChI is InChI=1S/C14H22N2O3S/c1-10(7-8-20(2)19)16-14(18)13(15)9-11-3-5-12(17)6-4-11/h3-6,10,13,17H,7-9,15H2,1-2H3,(H,16,18)/t10?,13-,20?/m1/s1. The van der Waals surface area contributed by atoms with E-state index in [-0.39, 0.29) is 17.7 Å². The van der Waals surface area contributed by atoms with Gasteiger partial charge < -0.3 is 16.2 Å². The number of rotatable bonds is 7. The third-order valence-corrected chi connectivity index (χ3v) is 3.77. The van der Waals surface area contributed by atoms with Crippen LogP contribution in [0.5, 0.6) is 5.75 Å². The van der Waals surface area contributed by atoms with Crippen LogP contribution >= 0.6 is 0 Å². The van der Waals surface area contributed by atoms with Crippen LogP contribution in [0.15, 0.2) is 24.3 Å². The number of nitrogens with one attached hydrogen (secondary N) is 1. The molecule has 0 aliphatic rings. The van der Waals surface area contributed by atoms with E-state index in [1.165, 1.54) is 0 Å². The minimum Gasteiger partial charge on any atom is -0.508 e. The van der Waals surface area contributed by atoms with E-state index in [1.807, 2.05) is 6.92 Å². The first-order chi connectivity index (χ1) is 9.38. The van der Waals surface area contributed by atoms with E-state index in [0.29, 0.717) is 18.6 Å². The van der Waals surface area contributed by atoms with Crippen molar-refractivity contribution in [2.24, 2.45) is 5.73 Å². The Kier molecular flexibility index (Phi) is 6.67. The fourth-order valence-electron chi connectivity index (χ4n) is 1.74. The lowest BCUT2D eigenvalue weighted by Crippen LogP contribution is -2.45. The molecule has 0 radical (unpaired) electrons. The fourth-order valence-corrected chi connectivity index (χ4v) is 2.43. The third-order valence-electron chi connectivity index (χ3n) is 2.96. The van der Waals surface area contributed by atoms with Crippen LogP contribution in [-0.2, 0) is 22.0 Å². The smallest absolute Gasteiger partial charge is 0.237 e. The number of amides is 1. The first kappa shape index (κ1) is 16.7. The number of benzene rings is 1. The first-order valence-electron chi connectivity index (χ1n) is 6.52. The third kappa shape index (κ3) is 6.16. The van der Waals surface area contributed by atoms with Gasteiger partial charge in [-0.15, -0.1) is 0 Å². The summed E-state index contributed by atoms with van der Waals surface area (Å²) in [6.07, 6.45) is 2.73. The van der Waals surface area contributed by atoms with E-state index in [1.54, 1.807) is 30.5 Å². The molecule has 1 amide bonds. The molecular weight excluding hydrogens is 276 g/mol. The monoisotopic (exact) mass is 298 g/mol. The predicted molar refractivity (Wildman–Crippen MR) is 80.9 cm³/mol. The lowest BCUT2D eigenvalue weighted by atomic mass is 10.1. The van der Waals surface area contributed by atoms with Crippen LogP contribution < -0.4 is 11.1 Å². The van der Waals surface area contributed by atoms with Crippen molar-refractivity contribution in [1.29, 1.82) is 0 Å². The average molecular weight is 298 g/mol. The second-order valence-electron chi connectivity index (χ2n) is 4.95. The number of aromatic hydroxyl groups is 1. The summed E-state index contributed by atoms with van der Waals surface area (Å²) in [6, 6.07) is 5.95. The van der Waals surface area contributed by atoms with Crippen molar-refractivity contribution in [2.75, 3.05) is 12.0 Å². The number of carbonyl (C=O) groups is 1. The van der Waals surface area contributed by atoms with Gasteiger partial charge in [0.15, 0.2) is 0 Å². The van der Waals surface area contributed by atoms with E-state index >= 15 is 0 Å². The Hall–Kier alpha value is -1.40. The number of hydrogen-bond donors (Lipinski definition) is 3. The molecule has 0 saturated heterocycles. The van der Waals surface area contributed by atoms with Crippen molar-refractivity contribution in [3.05, 3.63) is 29.8 Å². The van der Waals surface area contributed by atoms with Crippen LogP contribution in [0.2, 0.25) is 0 Å². The molecule has 0 spiro atoms. The highest BCUT2D eigenvalue weighted by Crippen LogP contribution is 2.11. The summed E-state index contributed by atoms with van der Waals surface area (Å²) >= 11 is 0. The van der Waals surface area contributed by atoms with Gasteiger partial charge in [0.25, 0.3) is 0 Å². The summed E-state index contributed by atoms with van der Waals surface area (Å²) in [7, 11) is -0.852. The van der Waals surface area contributed by atoms with Crippen LogP contribution in [0.3, 0.4) is 0 Å². The number of phenolic OH excluding ortho intramolecular Hbond substituents is 1. The summed E-state index contributed by atoms with van der Waals surface area (Å²) in [5, 5.41) is 12.0. The zero-order chi connectivity index (χ0) is 15.1. The van der Waals surface area contributed by atoms with Crippen LogP contribution in [0.1, 0.15) is 18.9 Å². The summed E-state index contributed by atoms with van der Waals surface area (Å²) in [5.41, 5.74) is 6.75. The van der Waals surface area contributed by atoms with E-state index in [2.05, 4.69) is 5.32 Å². The van der Waals surface area contributed by atoms with Crippen molar-refractivity contribution in [3.8, 4) is 5.75 Å². The second kappa shape index (κ2) is 8.01. The largest absolute Gasteiger partial charge is 0.508 e. The molecule has 4 N–H and O–H groups in total.